The summed E-state index contributed by atoms with van der Waals surface area (Å²) in [6.07, 6.45) is 0. The molecule has 3 nitrogen and oxygen atoms in total. The molecule has 1 N–H and O–H groups in total. The number of rotatable bonds is 4. The van der Waals surface area contributed by atoms with E-state index in [0.717, 1.165) is 5.56 Å². The molecular weight excluding hydrogens is 316 g/mol. The minimum Gasteiger partial charge on any atom is -0.465 e. The largest absolute Gasteiger partial charge is 0.465 e. The van der Waals surface area contributed by atoms with Crippen LogP contribution in [-0.2, 0) is 11.3 Å². The van der Waals surface area contributed by atoms with Crippen LogP contribution >= 0.6 is 23.2 Å². The molecule has 2 aromatic carbocycles. The normalized spacial score (nSPS) is 10.3. The lowest BCUT2D eigenvalue weighted by Gasteiger charge is -2.10. The number of carbonyl (C=O) groups excluding carboxylic acids is 1. The SMILES string of the molecule is COC(=O)c1ccc(F)c(NCc2ccc(Cl)c(Cl)c2)c1. The first kappa shape index (κ1) is 15.6. The van der Waals surface area contributed by atoms with Crippen molar-refractivity contribution < 1.29 is 13.9 Å². The van der Waals surface area contributed by atoms with Crippen molar-refractivity contribution in [2.75, 3.05) is 12.4 Å². The van der Waals surface area contributed by atoms with E-state index < -0.39 is 11.8 Å². The Kier molecular flexibility index (Phi) is 5.04. The Hall–Kier alpha value is -1.78. The predicted octanol–water partition coefficient (Wildman–Crippen LogP) is 4.53. The third-order valence-electron chi connectivity index (χ3n) is 2.85. The highest BCUT2D eigenvalue weighted by Crippen LogP contribution is 2.23. The van der Waals surface area contributed by atoms with E-state index >= 15 is 0 Å². The molecule has 0 aliphatic rings. The van der Waals surface area contributed by atoms with Gasteiger partial charge in [-0.15, -0.1) is 0 Å². The molecule has 6 heteroatoms. The Morgan fingerprint density at radius 1 is 1.19 bits per heavy atom. The summed E-state index contributed by atoms with van der Waals surface area (Å²) in [5.74, 6) is -0.977. The van der Waals surface area contributed by atoms with E-state index in [9.17, 15) is 9.18 Å². The average Bonchev–Trinajstić information content (AvgIpc) is 2.49. The third kappa shape index (κ3) is 3.86. The number of carbonyl (C=O) groups is 1. The van der Waals surface area contributed by atoms with Gasteiger partial charge in [0.15, 0.2) is 0 Å². The molecule has 0 saturated carbocycles. The van der Waals surface area contributed by atoms with Gasteiger partial charge in [-0.05, 0) is 35.9 Å². The summed E-state index contributed by atoms with van der Waals surface area (Å²) in [6.45, 7) is 0.346. The highest BCUT2D eigenvalue weighted by molar-refractivity contribution is 6.42. The summed E-state index contributed by atoms with van der Waals surface area (Å²) in [6, 6.07) is 9.12. The Morgan fingerprint density at radius 3 is 2.62 bits per heavy atom. The third-order valence-corrected chi connectivity index (χ3v) is 3.59. The van der Waals surface area contributed by atoms with Crippen molar-refractivity contribution in [1.82, 2.24) is 0 Å². The van der Waals surface area contributed by atoms with Crippen LogP contribution in [0.5, 0.6) is 0 Å². The Labute approximate surface area is 131 Å². The van der Waals surface area contributed by atoms with E-state index in [4.69, 9.17) is 23.2 Å². The molecule has 0 fully saturated rings. The van der Waals surface area contributed by atoms with Gasteiger partial charge in [0.2, 0.25) is 0 Å². The first-order valence-electron chi connectivity index (χ1n) is 6.07. The molecule has 0 saturated heterocycles. The quantitative estimate of drug-likeness (QED) is 0.838. The second kappa shape index (κ2) is 6.78. The first-order valence-corrected chi connectivity index (χ1v) is 6.82. The number of esters is 1. The van der Waals surface area contributed by atoms with Crippen LogP contribution in [-0.4, -0.2) is 13.1 Å². The van der Waals surface area contributed by atoms with Crippen molar-refractivity contribution in [3.63, 3.8) is 0 Å². The predicted molar refractivity (Wildman–Crippen MR) is 81.5 cm³/mol. The van der Waals surface area contributed by atoms with Crippen LogP contribution in [0.4, 0.5) is 10.1 Å². The van der Waals surface area contributed by atoms with Crippen molar-refractivity contribution in [2.45, 2.75) is 6.54 Å². The number of nitrogens with one attached hydrogen (secondary N) is 1. The van der Waals surface area contributed by atoms with Gasteiger partial charge in [-0.3, -0.25) is 0 Å². The van der Waals surface area contributed by atoms with Gasteiger partial charge in [0.05, 0.1) is 28.4 Å². The number of benzene rings is 2. The topological polar surface area (TPSA) is 38.3 Å². The summed E-state index contributed by atoms with van der Waals surface area (Å²) in [5.41, 5.74) is 1.33. The molecule has 0 aliphatic carbocycles. The first-order chi connectivity index (χ1) is 10.0. The van der Waals surface area contributed by atoms with Gasteiger partial charge in [0.25, 0.3) is 0 Å². The minimum absolute atomic E-state index is 0.212. The molecule has 0 radical (unpaired) electrons. The number of anilines is 1. The lowest BCUT2D eigenvalue weighted by Crippen LogP contribution is -2.05. The second-order valence-electron chi connectivity index (χ2n) is 4.29. The van der Waals surface area contributed by atoms with Gasteiger partial charge >= 0.3 is 5.97 Å². The zero-order valence-electron chi connectivity index (χ0n) is 11.1. The molecule has 0 amide bonds. The van der Waals surface area contributed by atoms with Crippen LogP contribution in [0, 0.1) is 5.82 Å². The van der Waals surface area contributed by atoms with Crippen molar-refractivity contribution in [1.29, 1.82) is 0 Å². The number of hydrogen-bond acceptors (Lipinski definition) is 3. The second-order valence-corrected chi connectivity index (χ2v) is 5.10. The van der Waals surface area contributed by atoms with Gasteiger partial charge in [0.1, 0.15) is 5.82 Å². The highest BCUT2D eigenvalue weighted by Gasteiger charge is 2.10. The van der Waals surface area contributed by atoms with Gasteiger partial charge in [-0.1, -0.05) is 29.3 Å². The average molecular weight is 328 g/mol. The molecule has 0 heterocycles. The summed E-state index contributed by atoms with van der Waals surface area (Å²) in [4.78, 5) is 11.4. The van der Waals surface area contributed by atoms with E-state index in [1.165, 1.54) is 25.3 Å². The standard InChI is InChI=1S/C15H12Cl2FNO2/c1-21-15(20)10-3-5-13(18)14(7-10)19-8-9-2-4-11(16)12(17)6-9/h2-7,19H,8H2,1H3. The van der Waals surface area contributed by atoms with Crippen molar-refractivity contribution >= 4 is 34.9 Å². The fraction of sp³-hybridized carbons (Fsp3) is 0.133. The number of ether oxygens (including phenoxy) is 1. The molecule has 0 aromatic heterocycles. The maximum absolute atomic E-state index is 13.7. The summed E-state index contributed by atoms with van der Waals surface area (Å²) in [5, 5.41) is 3.80. The van der Waals surface area contributed by atoms with E-state index in [0.29, 0.717) is 16.6 Å². The molecule has 0 spiro atoms. The number of halogens is 3. The summed E-state index contributed by atoms with van der Waals surface area (Å²) in [7, 11) is 1.27. The van der Waals surface area contributed by atoms with Gasteiger partial charge in [-0.2, -0.15) is 0 Å². The van der Waals surface area contributed by atoms with Crippen LogP contribution < -0.4 is 5.32 Å². The van der Waals surface area contributed by atoms with Crippen LogP contribution in [0.25, 0.3) is 0 Å². The van der Waals surface area contributed by atoms with Crippen LogP contribution in [0.1, 0.15) is 15.9 Å². The van der Waals surface area contributed by atoms with E-state index in [1.54, 1.807) is 18.2 Å². The fourth-order valence-corrected chi connectivity index (χ4v) is 2.07. The maximum Gasteiger partial charge on any atom is 0.337 e. The van der Waals surface area contributed by atoms with Crippen molar-refractivity contribution in [3.05, 3.63) is 63.4 Å². The molecule has 2 rings (SSSR count). The molecule has 0 atom stereocenters. The van der Waals surface area contributed by atoms with Crippen molar-refractivity contribution in [3.8, 4) is 0 Å². The van der Waals surface area contributed by atoms with Crippen LogP contribution in [0.15, 0.2) is 36.4 Å². The Bertz CT molecular complexity index is 677. The molecule has 0 bridgehead atoms. The van der Waals surface area contributed by atoms with Crippen LogP contribution in [0.2, 0.25) is 10.0 Å². The monoisotopic (exact) mass is 327 g/mol. The Morgan fingerprint density at radius 2 is 1.95 bits per heavy atom. The molecule has 110 valence electrons. The number of methoxy groups -OCH3 is 1. The lowest BCUT2D eigenvalue weighted by atomic mass is 10.1. The van der Waals surface area contributed by atoms with Gasteiger partial charge in [-0.25, -0.2) is 9.18 Å². The summed E-state index contributed by atoms with van der Waals surface area (Å²) >= 11 is 11.7. The van der Waals surface area contributed by atoms with E-state index in [-0.39, 0.29) is 11.3 Å². The van der Waals surface area contributed by atoms with Crippen molar-refractivity contribution in [2.24, 2.45) is 0 Å². The zero-order valence-corrected chi connectivity index (χ0v) is 12.6. The highest BCUT2D eigenvalue weighted by atomic mass is 35.5. The Balaban J connectivity index is 2.15. The lowest BCUT2D eigenvalue weighted by molar-refractivity contribution is 0.0600. The molecule has 2 aromatic rings. The molecular formula is C15H12Cl2FNO2. The molecule has 0 aliphatic heterocycles. The smallest absolute Gasteiger partial charge is 0.337 e. The van der Waals surface area contributed by atoms with E-state index in [1.807, 2.05) is 0 Å². The molecule has 0 unspecified atom stereocenters. The van der Waals surface area contributed by atoms with Gasteiger partial charge < -0.3 is 10.1 Å². The van der Waals surface area contributed by atoms with Gasteiger partial charge in [0, 0.05) is 6.54 Å². The summed E-state index contributed by atoms with van der Waals surface area (Å²) < 4.78 is 18.3. The fourth-order valence-electron chi connectivity index (χ4n) is 1.75. The minimum atomic E-state index is -0.521. The maximum atomic E-state index is 13.7. The zero-order chi connectivity index (χ0) is 15.4. The molecule has 21 heavy (non-hydrogen) atoms. The number of hydrogen-bond donors (Lipinski definition) is 1. The van der Waals surface area contributed by atoms with E-state index in [2.05, 4.69) is 10.1 Å². The van der Waals surface area contributed by atoms with Crippen LogP contribution in [0.3, 0.4) is 0 Å².